The van der Waals surface area contributed by atoms with Gasteiger partial charge in [0.05, 0.1) is 6.54 Å². The Labute approximate surface area is 160 Å². The van der Waals surface area contributed by atoms with Crippen LogP contribution in [0.4, 0.5) is 0 Å². The maximum Gasteiger partial charge on any atom is 0.260 e. The van der Waals surface area contributed by atoms with Gasteiger partial charge in [-0.15, -0.1) is 0 Å². The lowest BCUT2D eigenvalue weighted by Crippen LogP contribution is -2.46. The number of likely N-dealkylation sites (tertiary alicyclic amines) is 1. The molecule has 0 spiro atoms. The maximum absolute atomic E-state index is 12.5. The summed E-state index contributed by atoms with van der Waals surface area (Å²) in [5.41, 5.74) is 1.25. The summed E-state index contributed by atoms with van der Waals surface area (Å²) in [6.07, 6.45) is 3.44. The number of piperidine rings is 1. The number of ether oxygens (including phenoxy) is 2. The van der Waals surface area contributed by atoms with Crippen molar-refractivity contribution in [3.8, 4) is 11.6 Å². The van der Waals surface area contributed by atoms with Crippen molar-refractivity contribution in [1.82, 2.24) is 14.9 Å². The smallest absolute Gasteiger partial charge is 0.260 e. The van der Waals surface area contributed by atoms with Crippen molar-refractivity contribution in [3.05, 3.63) is 47.9 Å². The number of aromatic nitrogens is 2. The highest BCUT2D eigenvalue weighted by Crippen LogP contribution is 2.20. The van der Waals surface area contributed by atoms with Gasteiger partial charge in [-0.2, -0.15) is 4.98 Å². The molecule has 0 saturated carbocycles. The van der Waals surface area contributed by atoms with Crippen LogP contribution in [0.3, 0.4) is 0 Å². The van der Waals surface area contributed by atoms with Gasteiger partial charge in [-0.1, -0.05) is 26.0 Å². The van der Waals surface area contributed by atoms with Crippen molar-refractivity contribution in [3.63, 3.8) is 0 Å². The van der Waals surface area contributed by atoms with Gasteiger partial charge in [0.25, 0.3) is 5.91 Å². The Morgan fingerprint density at radius 3 is 2.74 bits per heavy atom. The Balaban J connectivity index is 1.50. The monoisotopic (exact) mass is 369 g/mol. The molecule has 1 aromatic heterocycles. The van der Waals surface area contributed by atoms with Crippen LogP contribution in [0, 0.1) is 6.92 Å². The van der Waals surface area contributed by atoms with Crippen molar-refractivity contribution >= 4 is 5.91 Å². The number of nitrogens with zero attached hydrogens (tertiary/aromatic N) is 3. The Morgan fingerprint density at radius 2 is 2.04 bits per heavy atom. The van der Waals surface area contributed by atoms with E-state index in [9.17, 15) is 4.79 Å². The zero-order valence-corrected chi connectivity index (χ0v) is 16.2. The molecule has 0 unspecified atom stereocenters. The molecule has 27 heavy (non-hydrogen) atoms. The van der Waals surface area contributed by atoms with E-state index in [2.05, 4.69) is 23.8 Å². The van der Waals surface area contributed by atoms with Crippen LogP contribution in [-0.2, 0) is 4.79 Å². The quantitative estimate of drug-likeness (QED) is 0.781. The molecule has 1 saturated heterocycles. The minimum absolute atomic E-state index is 0.0184. The normalized spacial score (nSPS) is 17.0. The van der Waals surface area contributed by atoms with Gasteiger partial charge in [-0.3, -0.25) is 4.79 Å². The number of carbonyl (C=O) groups excluding carboxylic acids is 1. The van der Waals surface area contributed by atoms with Crippen molar-refractivity contribution in [2.75, 3.05) is 19.7 Å². The SMILES string of the molecule is Cc1nccc(O[C@@H]2CCCN(C(=O)COc3ccc(C(C)C)cc3)C2)n1. The van der Waals surface area contributed by atoms with Crippen molar-refractivity contribution in [1.29, 1.82) is 0 Å². The van der Waals surface area contributed by atoms with Crippen LogP contribution in [0.5, 0.6) is 11.6 Å². The molecular formula is C21H27N3O3. The van der Waals surface area contributed by atoms with Crippen LogP contribution in [-0.4, -0.2) is 46.6 Å². The molecule has 1 atom stereocenters. The van der Waals surface area contributed by atoms with Crippen LogP contribution in [0.2, 0.25) is 0 Å². The third-order valence-electron chi connectivity index (χ3n) is 4.68. The fourth-order valence-electron chi connectivity index (χ4n) is 3.12. The first-order valence-electron chi connectivity index (χ1n) is 9.48. The largest absolute Gasteiger partial charge is 0.484 e. The third-order valence-corrected chi connectivity index (χ3v) is 4.68. The Morgan fingerprint density at radius 1 is 1.26 bits per heavy atom. The lowest BCUT2D eigenvalue weighted by atomic mass is 10.0. The van der Waals surface area contributed by atoms with E-state index in [1.54, 1.807) is 12.3 Å². The highest BCUT2D eigenvalue weighted by molar-refractivity contribution is 5.77. The van der Waals surface area contributed by atoms with E-state index in [0.29, 0.717) is 29.9 Å². The van der Waals surface area contributed by atoms with Crippen LogP contribution >= 0.6 is 0 Å². The first kappa shape index (κ1) is 19.1. The molecule has 6 nitrogen and oxygen atoms in total. The molecule has 2 aromatic rings. The van der Waals surface area contributed by atoms with Crippen LogP contribution in [0.25, 0.3) is 0 Å². The fourth-order valence-corrected chi connectivity index (χ4v) is 3.12. The van der Waals surface area contributed by atoms with Gasteiger partial charge in [0.1, 0.15) is 17.7 Å². The zero-order chi connectivity index (χ0) is 19.2. The molecule has 2 heterocycles. The van der Waals surface area contributed by atoms with E-state index in [4.69, 9.17) is 9.47 Å². The van der Waals surface area contributed by atoms with Gasteiger partial charge < -0.3 is 14.4 Å². The first-order valence-corrected chi connectivity index (χ1v) is 9.48. The van der Waals surface area contributed by atoms with Crippen LogP contribution in [0.1, 0.15) is 44.0 Å². The molecule has 144 valence electrons. The lowest BCUT2D eigenvalue weighted by Gasteiger charge is -2.32. The number of hydrogen-bond acceptors (Lipinski definition) is 5. The van der Waals surface area contributed by atoms with Crippen molar-refractivity contribution in [2.45, 2.75) is 45.6 Å². The fraction of sp³-hybridized carbons (Fsp3) is 0.476. The molecule has 1 aromatic carbocycles. The van der Waals surface area contributed by atoms with Gasteiger partial charge in [-0.05, 0) is 43.4 Å². The van der Waals surface area contributed by atoms with E-state index in [0.717, 1.165) is 19.4 Å². The Kier molecular flexibility index (Phi) is 6.27. The number of hydrogen-bond donors (Lipinski definition) is 0. The number of benzene rings is 1. The Bertz CT molecular complexity index is 762. The van der Waals surface area contributed by atoms with Gasteiger partial charge in [0.15, 0.2) is 6.61 Å². The molecule has 1 fully saturated rings. The third kappa shape index (κ3) is 5.42. The highest BCUT2D eigenvalue weighted by atomic mass is 16.5. The summed E-state index contributed by atoms with van der Waals surface area (Å²) in [4.78, 5) is 22.7. The van der Waals surface area contributed by atoms with Crippen LogP contribution in [0.15, 0.2) is 36.5 Å². The maximum atomic E-state index is 12.5. The number of amides is 1. The van der Waals surface area contributed by atoms with Gasteiger partial charge in [-0.25, -0.2) is 4.98 Å². The van der Waals surface area contributed by atoms with E-state index in [1.165, 1.54) is 5.56 Å². The summed E-state index contributed by atoms with van der Waals surface area (Å²) in [7, 11) is 0. The van der Waals surface area contributed by atoms with E-state index >= 15 is 0 Å². The van der Waals surface area contributed by atoms with Crippen molar-refractivity contribution in [2.24, 2.45) is 0 Å². The second kappa shape index (κ2) is 8.84. The predicted molar refractivity (Wildman–Crippen MR) is 103 cm³/mol. The number of rotatable bonds is 6. The summed E-state index contributed by atoms with van der Waals surface area (Å²) >= 11 is 0. The van der Waals surface area contributed by atoms with Gasteiger partial charge in [0.2, 0.25) is 5.88 Å². The second-order valence-corrected chi connectivity index (χ2v) is 7.18. The highest BCUT2D eigenvalue weighted by Gasteiger charge is 2.25. The molecular weight excluding hydrogens is 342 g/mol. The predicted octanol–water partition coefficient (Wildman–Crippen LogP) is 3.36. The average Bonchev–Trinajstić information content (AvgIpc) is 2.66. The van der Waals surface area contributed by atoms with Gasteiger partial charge in [0, 0.05) is 18.8 Å². The summed E-state index contributed by atoms with van der Waals surface area (Å²) in [6.45, 7) is 7.46. The van der Waals surface area contributed by atoms with E-state index in [-0.39, 0.29) is 18.6 Å². The molecule has 0 N–H and O–H groups in total. The number of aryl methyl sites for hydroxylation is 1. The summed E-state index contributed by atoms with van der Waals surface area (Å²) in [6, 6.07) is 9.67. The lowest BCUT2D eigenvalue weighted by molar-refractivity contribution is -0.136. The first-order chi connectivity index (χ1) is 13.0. The minimum Gasteiger partial charge on any atom is -0.484 e. The molecule has 0 bridgehead atoms. The van der Waals surface area contributed by atoms with Gasteiger partial charge >= 0.3 is 0 Å². The zero-order valence-electron chi connectivity index (χ0n) is 16.2. The van der Waals surface area contributed by atoms with E-state index in [1.807, 2.05) is 36.1 Å². The summed E-state index contributed by atoms with van der Waals surface area (Å²) in [5, 5.41) is 0. The second-order valence-electron chi connectivity index (χ2n) is 7.18. The topological polar surface area (TPSA) is 64.5 Å². The molecule has 0 radical (unpaired) electrons. The molecule has 6 heteroatoms. The summed E-state index contributed by atoms with van der Waals surface area (Å²) in [5.74, 6) is 2.41. The van der Waals surface area contributed by atoms with E-state index < -0.39 is 0 Å². The summed E-state index contributed by atoms with van der Waals surface area (Å²) < 4.78 is 11.6. The minimum atomic E-state index is -0.0534. The molecule has 1 amide bonds. The van der Waals surface area contributed by atoms with Crippen LogP contribution < -0.4 is 9.47 Å². The number of carbonyl (C=O) groups is 1. The molecule has 0 aliphatic carbocycles. The molecule has 3 rings (SSSR count). The standard InChI is InChI=1S/C21H27N3O3/c1-15(2)17-6-8-18(9-7-17)26-14-21(25)24-12-4-5-19(13-24)27-20-10-11-22-16(3)23-20/h6-11,15,19H,4-5,12-14H2,1-3H3/t19-/m1/s1. The van der Waals surface area contributed by atoms with Crippen molar-refractivity contribution < 1.29 is 14.3 Å². The Hall–Kier alpha value is -2.63. The average molecular weight is 369 g/mol. The molecule has 1 aliphatic heterocycles. The molecule has 1 aliphatic rings.